The van der Waals surface area contributed by atoms with Crippen molar-refractivity contribution in [3.05, 3.63) is 58.4 Å². The van der Waals surface area contributed by atoms with Crippen LogP contribution in [0.2, 0.25) is 0 Å². The molecule has 6 nitrogen and oxygen atoms in total. The molecule has 5 rings (SSSR count). The summed E-state index contributed by atoms with van der Waals surface area (Å²) in [4.78, 5) is 26.0. The summed E-state index contributed by atoms with van der Waals surface area (Å²) in [6, 6.07) is 13.6. The Balaban J connectivity index is 1.42. The maximum absolute atomic E-state index is 12.7. The third kappa shape index (κ3) is 3.59. The van der Waals surface area contributed by atoms with Crippen molar-refractivity contribution in [2.45, 2.75) is 26.2 Å². The van der Waals surface area contributed by atoms with Crippen LogP contribution < -0.4 is 10.3 Å². The van der Waals surface area contributed by atoms with E-state index in [-0.39, 0.29) is 5.56 Å². The van der Waals surface area contributed by atoms with Crippen LogP contribution in [0.5, 0.6) is 5.75 Å². The number of hydrogen-bond acceptors (Lipinski definition) is 4. The maximum atomic E-state index is 12.7. The van der Waals surface area contributed by atoms with Crippen molar-refractivity contribution < 1.29 is 4.74 Å². The predicted molar refractivity (Wildman–Crippen MR) is 120 cm³/mol. The molecular weight excluding hydrogens is 376 g/mol. The molecule has 1 aliphatic rings. The van der Waals surface area contributed by atoms with E-state index >= 15 is 0 Å². The van der Waals surface area contributed by atoms with Gasteiger partial charge in [0.15, 0.2) is 5.69 Å². The number of fused-ring (bicyclic) bond motifs is 2. The van der Waals surface area contributed by atoms with Crippen LogP contribution in [0.4, 0.5) is 0 Å². The Hall–Kier alpha value is -3.12. The van der Waals surface area contributed by atoms with Crippen LogP contribution in [0, 0.1) is 6.92 Å². The van der Waals surface area contributed by atoms with Gasteiger partial charge in [0.05, 0.1) is 16.7 Å². The van der Waals surface area contributed by atoms with E-state index in [0.29, 0.717) is 12.3 Å². The summed E-state index contributed by atoms with van der Waals surface area (Å²) in [6.45, 7) is 6.02. The van der Waals surface area contributed by atoms with Gasteiger partial charge in [-0.1, -0.05) is 18.6 Å². The van der Waals surface area contributed by atoms with E-state index < -0.39 is 0 Å². The largest absolute Gasteiger partial charge is 0.492 e. The third-order valence-corrected chi connectivity index (χ3v) is 5.99. The van der Waals surface area contributed by atoms with Crippen molar-refractivity contribution in [2.75, 3.05) is 26.2 Å². The number of hydrogen-bond donors (Lipinski definition) is 2. The zero-order chi connectivity index (χ0) is 20.5. The highest BCUT2D eigenvalue weighted by molar-refractivity contribution is 5.91. The van der Waals surface area contributed by atoms with Crippen molar-refractivity contribution in [2.24, 2.45) is 0 Å². The topological polar surface area (TPSA) is 74.0 Å². The summed E-state index contributed by atoms with van der Waals surface area (Å²) in [5, 5.41) is 1.05. The van der Waals surface area contributed by atoms with Gasteiger partial charge in [0.1, 0.15) is 12.4 Å². The summed E-state index contributed by atoms with van der Waals surface area (Å²) in [5.41, 5.74) is 4.45. The van der Waals surface area contributed by atoms with Crippen LogP contribution in [0.25, 0.3) is 33.3 Å². The first kappa shape index (κ1) is 18.9. The molecule has 6 heteroatoms. The summed E-state index contributed by atoms with van der Waals surface area (Å²) >= 11 is 0. The van der Waals surface area contributed by atoms with Gasteiger partial charge in [0.2, 0.25) is 0 Å². The van der Waals surface area contributed by atoms with Crippen LogP contribution >= 0.6 is 0 Å². The monoisotopic (exact) mass is 402 g/mol. The molecule has 30 heavy (non-hydrogen) atoms. The van der Waals surface area contributed by atoms with Crippen LogP contribution in [0.1, 0.15) is 24.8 Å². The predicted octanol–water partition coefficient (Wildman–Crippen LogP) is 4.24. The molecule has 154 valence electrons. The lowest BCUT2D eigenvalue weighted by molar-refractivity contribution is 0.183. The van der Waals surface area contributed by atoms with Gasteiger partial charge in [-0.2, -0.15) is 0 Å². The van der Waals surface area contributed by atoms with Gasteiger partial charge >= 0.3 is 0 Å². The van der Waals surface area contributed by atoms with Crippen LogP contribution in [0.15, 0.2) is 47.3 Å². The molecule has 0 unspecified atom stereocenters. The van der Waals surface area contributed by atoms with Gasteiger partial charge in [-0.15, -0.1) is 0 Å². The first-order valence-corrected chi connectivity index (χ1v) is 10.7. The summed E-state index contributed by atoms with van der Waals surface area (Å²) in [7, 11) is 0. The van der Waals surface area contributed by atoms with Gasteiger partial charge in [0.25, 0.3) is 5.56 Å². The van der Waals surface area contributed by atoms with Crippen LogP contribution in [-0.2, 0) is 0 Å². The first-order valence-electron chi connectivity index (χ1n) is 10.7. The Morgan fingerprint density at radius 1 is 1.03 bits per heavy atom. The zero-order valence-electron chi connectivity index (χ0n) is 17.2. The Kier molecular flexibility index (Phi) is 5.01. The lowest BCUT2D eigenvalue weighted by atomic mass is 10.1. The molecule has 0 aliphatic carbocycles. The number of aryl methyl sites for hydroxylation is 1. The lowest BCUT2D eigenvalue weighted by Crippen LogP contribution is -2.33. The Bertz CT molecular complexity index is 1250. The second kappa shape index (κ2) is 7.95. The number of para-hydroxylation sites is 2. The molecule has 1 fully saturated rings. The minimum absolute atomic E-state index is 0.193. The minimum Gasteiger partial charge on any atom is -0.492 e. The molecule has 2 aromatic heterocycles. The highest BCUT2D eigenvalue weighted by Crippen LogP contribution is 2.30. The number of likely N-dealkylation sites (tertiary alicyclic amines) is 1. The molecule has 0 spiro atoms. The van der Waals surface area contributed by atoms with Crippen LogP contribution in [0.3, 0.4) is 0 Å². The molecule has 2 N–H and O–H groups in total. The Labute approximate surface area is 174 Å². The fraction of sp³-hybridized carbons (Fsp3) is 0.333. The van der Waals surface area contributed by atoms with E-state index in [0.717, 1.165) is 45.5 Å². The molecule has 0 atom stereocenters. The molecule has 0 saturated carbocycles. The average molecular weight is 402 g/mol. The quantitative estimate of drug-likeness (QED) is 0.524. The number of ether oxygens (including phenoxy) is 1. The SMILES string of the molecule is Cc1c(-c2nc3ccccc3[nH]c2=O)[nH]c2ccc(OCCN3CCCCC3)cc12. The van der Waals surface area contributed by atoms with Crippen LogP contribution in [-0.4, -0.2) is 46.1 Å². The molecular formula is C24H26N4O2. The van der Waals surface area contributed by atoms with E-state index in [4.69, 9.17) is 4.74 Å². The number of aromatic nitrogens is 3. The van der Waals surface area contributed by atoms with E-state index in [1.807, 2.05) is 43.3 Å². The van der Waals surface area contributed by atoms with Gasteiger partial charge in [0, 0.05) is 17.4 Å². The zero-order valence-corrected chi connectivity index (χ0v) is 17.2. The molecule has 0 amide bonds. The van der Waals surface area contributed by atoms with E-state index in [2.05, 4.69) is 25.9 Å². The van der Waals surface area contributed by atoms with Crippen molar-refractivity contribution in [1.29, 1.82) is 0 Å². The second-order valence-electron chi connectivity index (χ2n) is 8.01. The molecule has 1 saturated heterocycles. The second-order valence-corrected chi connectivity index (χ2v) is 8.01. The van der Waals surface area contributed by atoms with E-state index in [1.54, 1.807) is 0 Å². The summed E-state index contributed by atoms with van der Waals surface area (Å²) < 4.78 is 6.03. The lowest BCUT2D eigenvalue weighted by Gasteiger charge is -2.26. The minimum atomic E-state index is -0.193. The number of nitrogens with zero attached hydrogens (tertiary/aromatic N) is 2. The highest BCUT2D eigenvalue weighted by atomic mass is 16.5. The number of rotatable bonds is 5. The number of benzene rings is 2. The third-order valence-electron chi connectivity index (χ3n) is 5.99. The molecule has 0 bridgehead atoms. The van der Waals surface area contributed by atoms with E-state index in [9.17, 15) is 4.79 Å². The number of aromatic amines is 2. The Morgan fingerprint density at radius 2 is 1.87 bits per heavy atom. The molecule has 1 aliphatic heterocycles. The Morgan fingerprint density at radius 3 is 2.73 bits per heavy atom. The van der Waals surface area contributed by atoms with E-state index in [1.165, 1.54) is 32.4 Å². The standard InChI is InChI=1S/C24H26N4O2/c1-16-18-15-17(30-14-13-28-11-5-2-6-12-28)9-10-19(18)25-22(16)23-24(29)27-21-8-4-3-7-20(21)26-23/h3-4,7-10,15,25H,2,5-6,11-14H2,1H3,(H,27,29). The van der Waals surface area contributed by atoms with Crippen molar-refractivity contribution >= 4 is 21.9 Å². The summed E-state index contributed by atoms with van der Waals surface area (Å²) in [6.07, 6.45) is 3.93. The van der Waals surface area contributed by atoms with Gasteiger partial charge < -0.3 is 14.7 Å². The maximum Gasteiger partial charge on any atom is 0.276 e. The number of H-pyrrole nitrogens is 2. The number of nitrogens with one attached hydrogen (secondary N) is 2. The number of piperidine rings is 1. The fourth-order valence-corrected chi connectivity index (χ4v) is 4.31. The van der Waals surface area contributed by atoms with Gasteiger partial charge in [-0.05, 0) is 68.8 Å². The van der Waals surface area contributed by atoms with Gasteiger partial charge in [-0.25, -0.2) is 4.98 Å². The summed E-state index contributed by atoms with van der Waals surface area (Å²) in [5.74, 6) is 0.855. The molecule has 2 aromatic carbocycles. The average Bonchev–Trinajstić information content (AvgIpc) is 3.10. The molecule has 0 radical (unpaired) electrons. The van der Waals surface area contributed by atoms with Gasteiger partial charge in [-0.3, -0.25) is 9.69 Å². The fourth-order valence-electron chi connectivity index (χ4n) is 4.31. The first-order chi connectivity index (χ1) is 14.7. The smallest absolute Gasteiger partial charge is 0.276 e. The highest BCUT2D eigenvalue weighted by Gasteiger charge is 2.16. The van der Waals surface area contributed by atoms with Crippen molar-refractivity contribution in [3.63, 3.8) is 0 Å². The normalized spacial score (nSPS) is 15.1. The molecule has 3 heterocycles. The van der Waals surface area contributed by atoms with Crippen molar-refractivity contribution in [3.8, 4) is 17.1 Å². The van der Waals surface area contributed by atoms with Crippen molar-refractivity contribution in [1.82, 2.24) is 19.9 Å². The molecule has 4 aromatic rings.